The molecule has 12 nitrogen and oxygen atoms in total. The Hall–Kier alpha value is -3.54. The summed E-state index contributed by atoms with van der Waals surface area (Å²) in [5.41, 5.74) is 5.78. The highest BCUT2D eigenvalue weighted by Crippen LogP contribution is 2.30. The molecule has 0 bridgehead atoms. The van der Waals surface area contributed by atoms with Crippen LogP contribution in [0.25, 0.3) is 0 Å². The van der Waals surface area contributed by atoms with Gasteiger partial charge in [-0.05, 0) is 76.5 Å². The molecule has 0 radical (unpaired) electrons. The van der Waals surface area contributed by atoms with Gasteiger partial charge < -0.3 is 38.9 Å². The van der Waals surface area contributed by atoms with Crippen molar-refractivity contribution in [2.75, 3.05) is 19.8 Å². The molecule has 1 aromatic rings. The molecule has 0 unspecified atom stereocenters. The van der Waals surface area contributed by atoms with Crippen molar-refractivity contribution in [3.63, 3.8) is 0 Å². The number of benzene rings is 1. The van der Waals surface area contributed by atoms with E-state index in [9.17, 15) is 19.2 Å². The van der Waals surface area contributed by atoms with E-state index in [2.05, 4.69) is 0 Å². The Bertz CT molecular complexity index is 1000. The van der Waals surface area contributed by atoms with Crippen LogP contribution in [0.5, 0.6) is 11.5 Å². The van der Waals surface area contributed by atoms with E-state index < -0.39 is 42.2 Å². The van der Waals surface area contributed by atoms with Crippen LogP contribution in [0.4, 0.5) is 14.4 Å². The molecule has 0 aliphatic rings. The lowest BCUT2D eigenvalue weighted by atomic mass is 10.1. The van der Waals surface area contributed by atoms with Crippen LogP contribution in [-0.2, 0) is 34.9 Å². The zero-order valence-electron chi connectivity index (χ0n) is 25.4. The first-order valence-electron chi connectivity index (χ1n) is 13.7. The van der Waals surface area contributed by atoms with Crippen molar-refractivity contribution in [3.8, 4) is 11.5 Å². The molecule has 232 valence electrons. The summed E-state index contributed by atoms with van der Waals surface area (Å²) in [5, 5.41) is 0. The number of carbonyl (C=O) groups excluding carboxylic acids is 4. The number of hydrogen-bond donors (Lipinski definition) is 1. The number of carbonyl (C=O) groups is 4. The Morgan fingerprint density at radius 1 is 0.780 bits per heavy atom. The molecule has 0 fully saturated rings. The second kappa shape index (κ2) is 17.3. The summed E-state index contributed by atoms with van der Waals surface area (Å²) in [6.45, 7) is 14.7. The average molecular weight is 584 g/mol. The van der Waals surface area contributed by atoms with E-state index in [4.69, 9.17) is 38.9 Å². The Labute approximate surface area is 242 Å². The van der Waals surface area contributed by atoms with Crippen molar-refractivity contribution in [1.29, 1.82) is 0 Å². The fourth-order valence-electron chi connectivity index (χ4n) is 2.95. The summed E-state index contributed by atoms with van der Waals surface area (Å²) >= 11 is 0. The standard InChI is InChI=1S/C29H45NO11/c1-18(2)11-13-35-26(32)39-23-10-9-21(16-24(23)40-27(33)36-14-12-19(3)4)15-22(30)25(31)37-17-20(5)38-28(34)41-29(6,7)8/h9-10,16,18-20,22H,11-15,17,30H2,1-8H3/t20-,22-/m0/s1. The molecule has 12 heteroatoms. The van der Waals surface area contributed by atoms with E-state index in [1.165, 1.54) is 12.1 Å². The number of ether oxygens (including phenoxy) is 7. The molecule has 2 atom stereocenters. The summed E-state index contributed by atoms with van der Waals surface area (Å²) < 4.78 is 36.0. The largest absolute Gasteiger partial charge is 0.513 e. The second-order valence-corrected chi connectivity index (χ2v) is 11.4. The van der Waals surface area contributed by atoms with Gasteiger partial charge in [-0.3, -0.25) is 4.79 Å². The maximum Gasteiger partial charge on any atom is 0.513 e. The van der Waals surface area contributed by atoms with Crippen LogP contribution in [0.2, 0.25) is 0 Å². The lowest BCUT2D eigenvalue weighted by Gasteiger charge is -2.21. The van der Waals surface area contributed by atoms with Gasteiger partial charge in [0.2, 0.25) is 0 Å². The Balaban J connectivity index is 2.84. The molecule has 0 aliphatic carbocycles. The first kappa shape index (κ1) is 35.5. The molecule has 0 aliphatic heterocycles. The number of hydrogen-bond acceptors (Lipinski definition) is 12. The topological polar surface area (TPSA) is 159 Å². The maximum atomic E-state index is 12.5. The van der Waals surface area contributed by atoms with Crippen molar-refractivity contribution in [2.24, 2.45) is 17.6 Å². The Morgan fingerprint density at radius 3 is 1.83 bits per heavy atom. The molecule has 1 aromatic carbocycles. The van der Waals surface area contributed by atoms with Crippen LogP contribution in [0.3, 0.4) is 0 Å². The third-order valence-corrected chi connectivity index (χ3v) is 5.13. The van der Waals surface area contributed by atoms with Crippen LogP contribution in [0.15, 0.2) is 18.2 Å². The van der Waals surface area contributed by atoms with E-state index in [0.717, 1.165) is 0 Å². The monoisotopic (exact) mass is 583 g/mol. The van der Waals surface area contributed by atoms with Crippen molar-refractivity contribution in [2.45, 2.75) is 92.4 Å². The highest BCUT2D eigenvalue weighted by atomic mass is 16.8. The van der Waals surface area contributed by atoms with Crippen molar-refractivity contribution in [3.05, 3.63) is 23.8 Å². The normalized spacial score (nSPS) is 12.8. The Kier molecular flexibility index (Phi) is 15.0. The number of nitrogens with two attached hydrogens (primary N) is 1. The van der Waals surface area contributed by atoms with Gasteiger partial charge in [0.05, 0.1) is 13.2 Å². The zero-order valence-corrected chi connectivity index (χ0v) is 25.4. The fraction of sp³-hybridized carbons (Fsp3) is 0.655. The lowest BCUT2D eigenvalue weighted by Crippen LogP contribution is -2.36. The molecular weight excluding hydrogens is 538 g/mol. The maximum absolute atomic E-state index is 12.5. The van der Waals surface area contributed by atoms with E-state index in [0.29, 0.717) is 30.2 Å². The minimum atomic E-state index is -1.10. The van der Waals surface area contributed by atoms with Gasteiger partial charge >= 0.3 is 24.4 Å². The van der Waals surface area contributed by atoms with E-state index >= 15 is 0 Å². The zero-order chi connectivity index (χ0) is 31.2. The van der Waals surface area contributed by atoms with Crippen molar-refractivity contribution in [1.82, 2.24) is 0 Å². The lowest BCUT2D eigenvalue weighted by molar-refractivity contribution is -0.148. The molecule has 41 heavy (non-hydrogen) atoms. The third-order valence-electron chi connectivity index (χ3n) is 5.13. The van der Waals surface area contributed by atoms with E-state index in [1.54, 1.807) is 33.8 Å². The SMILES string of the molecule is CC(C)CCOC(=O)Oc1ccc(C[C@H](N)C(=O)OC[C@H](C)OC(=O)OC(C)(C)C)cc1OC(=O)OCCC(C)C. The first-order chi connectivity index (χ1) is 19.1. The fourth-order valence-corrected chi connectivity index (χ4v) is 2.95. The summed E-state index contributed by atoms with van der Waals surface area (Å²) in [7, 11) is 0. The van der Waals surface area contributed by atoms with Gasteiger partial charge in [0.1, 0.15) is 24.4 Å². The van der Waals surface area contributed by atoms with Gasteiger partial charge in [0, 0.05) is 0 Å². The van der Waals surface area contributed by atoms with Gasteiger partial charge in [-0.15, -0.1) is 0 Å². The summed E-state index contributed by atoms with van der Waals surface area (Å²) in [4.78, 5) is 48.6. The van der Waals surface area contributed by atoms with E-state index in [1.807, 2.05) is 27.7 Å². The minimum absolute atomic E-state index is 0.00198. The average Bonchev–Trinajstić information content (AvgIpc) is 2.82. The molecule has 0 spiro atoms. The minimum Gasteiger partial charge on any atom is -0.461 e. The highest BCUT2D eigenvalue weighted by molar-refractivity contribution is 5.76. The molecule has 0 aromatic heterocycles. The molecular formula is C29H45NO11. The number of esters is 1. The van der Waals surface area contributed by atoms with Crippen LogP contribution in [-0.4, -0.2) is 62.0 Å². The number of rotatable bonds is 14. The Morgan fingerprint density at radius 2 is 1.32 bits per heavy atom. The van der Waals surface area contributed by atoms with Gasteiger partial charge in [0.15, 0.2) is 11.5 Å². The van der Waals surface area contributed by atoms with Crippen LogP contribution in [0.1, 0.15) is 73.8 Å². The summed E-state index contributed by atoms with van der Waals surface area (Å²) in [6.07, 6.45) is -2.30. The quantitative estimate of drug-likeness (QED) is 0.165. The van der Waals surface area contributed by atoms with Gasteiger partial charge in [0.25, 0.3) is 0 Å². The van der Waals surface area contributed by atoms with Crippen molar-refractivity contribution < 1.29 is 52.3 Å². The molecule has 0 saturated heterocycles. The van der Waals surface area contributed by atoms with E-state index in [-0.39, 0.29) is 37.7 Å². The van der Waals surface area contributed by atoms with Crippen molar-refractivity contribution >= 4 is 24.4 Å². The summed E-state index contributed by atoms with van der Waals surface area (Å²) in [5.74, 6) is -0.280. The smallest absolute Gasteiger partial charge is 0.461 e. The highest BCUT2D eigenvalue weighted by Gasteiger charge is 2.23. The van der Waals surface area contributed by atoms with Crippen LogP contribution < -0.4 is 15.2 Å². The second-order valence-electron chi connectivity index (χ2n) is 11.4. The van der Waals surface area contributed by atoms with Gasteiger partial charge in [-0.25, -0.2) is 14.4 Å². The van der Waals surface area contributed by atoms with Crippen LogP contribution in [0, 0.1) is 11.8 Å². The third kappa shape index (κ3) is 16.3. The van der Waals surface area contributed by atoms with Gasteiger partial charge in [-0.1, -0.05) is 33.8 Å². The molecule has 0 amide bonds. The molecule has 0 saturated carbocycles. The predicted octanol–water partition coefficient (Wildman–Crippen LogP) is 5.56. The summed E-state index contributed by atoms with van der Waals surface area (Å²) in [6, 6.07) is 3.25. The van der Waals surface area contributed by atoms with Crippen LogP contribution >= 0.6 is 0 Å². The predicted molar refractivity (Wildman–Crippen MR) is 149 cm³/mol. The molecule has 1 rings (SSSR count). The first-order valence-corrected chi connectivity index (χ1v) is 13.7. The van der Waals surface area contributed by atoms with Gasteiger partial charge in [-0.2, -0.15) is 0 Å². The molecule has 0 heterocycles. The molecule has 2 N–H and O–H groups in total.